The molecular formula is C15H26N4. The molecule has 1 saturated heterocycles. The van der Waals surface area contributed by atoms with Crippen molar-refractivity contribution < 1.29 is 0 Å². The number of piperazine rings is 1. The first-order chi connectivity index (χ1) is 9.08. The van der Waals surface area contributed by atoms with Crippen LogP contribution in [0.3, 0.4) is 0 Å². The summed E-state index contributed by atoms with van der Waals surface area (Å²) in [5.74, 6) is 0.859. The molecule has 106 valence electrons. The van der Waals surface area contributed by atoms with Crippen LogP contribution in [0.2, 0.25) is 0 Å². The van der Waals surface area contributed by atoms with Crippen molar-refractivity contribution in [2.45, 2.75) is 58.7 Å². The van der Waals surface area contributed by atoms with Crippen molar-refractivity contribution >= 4 is 0 Å². The highest BCUT2D eigenvalue weighted by Crippen LogP contribution is 2.23. The molecule has 4 nitrogen and oxygen atoms in total. The second-order valence-corrected chi connectivity index (χ2v) is 5.72. The van der Waals surface area contributed by atoms with E-state index in [9.17, 15) is 0 Å². The lowest BCUT2D eigenvalue weighted by Gasteiger charge is -2.46. The lowest BCUT2D eigenvalue weighted by atomic mass is 9.88. The number of hydrogen-bond acceptors (Lipinski definition) is 4. The van der Waals surface area contributed by atoms with Crippen molar-refractivity contribution in [3.63, 3.8) is 0 Å². The molecule has 1 aromatic heterocycles. The molecule has 2 heterocycles. The van der Waals surface area contributed by atoms with E-state index >= 15 is 0 Å². The van der Waals surface area contributed by atoms with Gasteiger partial charge >= 0.3 is 0 Å². The predicted molar refractivity (Wildman–Crippen MR) is 78.0 cm³/mol. The molecule has 1 N–H and O–H groups in total. The van der Waals surface area contributed by atoms with E-state index in [-0.39, 0.29) is 5.54 Å². The molecule has 19 heavy (non-hydrogen) atoms. The number of rotatable bonds is 4. The highest BCUT2D eigenvalue weighted by molar-refractivity contribution is 5.04. The van der Waals surface area contributed by atoms with Crippen LogP contribution in [0.5, 0.6) is 0 Å². The molecular weight excluding hydrogens is 236 g/mol. The van der Waals surface area contributed by atoms with E-state index in [1.54, 1.807) is 0 Å². The Bertz CT molecular complexity index is 414. The van der Waals surface area contributed by atoms with E-state index in [4.69, 9.17) is 0 Å². The molecule has 1 unspecified atom stereocenters. The Morgan fingerprint density at radius 2 is 2.16 bits per heavy atom. The average Bonchev–Trinajstić information content (AvgIpc) is 2.42. The molecule has 4 heteroatoms. The minimum Gasteiger partial charge on any atom is -0.308 e. The first kappa shape index (κ1) is 14.4. The number of hydrogen-bond donors (Lipinski definition) is 1. The maximum atomic E-state index is 4.53. The second kappa shape index (κ2) is 5.97. The predicted octanol–water partition coefficient (Wildman–Crippen LogP) is 2.14. The Kier molecular flexibility index (Phi) is 4.53. The summed E-state index contributed by atoms with van der Waals surface area (Å²) < 4.78 is 0. The number of nitrogens with one attached hydrogen (secondary N) is 1. The number of aryl methyl sites for hydroxylation is 1. The van der Waals surface area contributed by atoms with E-state index < -0.39 is 0 Å². The van der Waals surface area contributed by atoms with Crippen LogP contribution in [-0.2, 0) is 6.54 Å². The third-order valence-corrected chi connectivity index (χ3v) is 4.45. The normalized spacial score (nSPS) is 23.5. The zero-order valence-corrected chi connectivity index (χ0v) is 12.6. The van der Waals surface area contributed by atoms with Gasteiger partial charge in [-0.3, -0.25) is 4.90 Å². The van der Waals surface area contributed by atoms with Crippen LogP contribution in [0.1, 0.15) is 45.1 Å². The molecule has 0 amide bonds. The summed E-state index contributed by atoms with van der Waals surface area (Å²) in [4.78, 5) is 11.2. The Morgan fingerprint density at radius 3 is 2.79 bits per heavy atom. The number of nitrogens with zero attached hydrogens (tertiary/aromatic N) is 3. The second-order valence-electron chi connectivity index (χ2n) is 5.72. The third-order valence-electron chi connectivity index (χ3n) is 4.45. The highest BCUT2D eigenvalue weighted by Gasteiger charge is 2.34. The smallest absolute Gasteiger partial charge is 0.125 e. The summed E-state index contributed by atoms with van der Waals surface area (Å²) in [6.45, 7) is 11.9. The molecule has 1 aliphatic rings. The van der Waals surface area contributed by atoms with Crippen LogP contribution in [0.4, 0.5) is 0 Å². The average molecular weight is 262 g/mol. The minimum absolute atomic E-state index is 0.272. The molecule has 1 atom stereocenters. The summed E-state index contributed by atoms with van der Waals surface area (Å²) in [7, 11) is 0. The first-order valence-electron chi connectivity index (χ1n) is 7.36. The van der Waals surface area contributed by atoms with E-state index in [0.29, 0.717) is 6.04 Å². The van der Waals surface area contributed by atoms with E-state index in [2.05, 4.69) is 41.0 Å². The first-order valence-corrected chi connectivity index (χ1v) is 7.36. The summed E-state index contributed by atoms with van der Waals surface area (Å²) in [5.41, 5.74) is 1.40. The van der Waals surface area contributed by atoms with Crippen LogP contribution in [0.15, 0.2) is 12.3 Å². The summed E-state index contributed by atoms with van der Waals surface area (Å²) in [5, 5.41) is 3.73. The van der Waals surface area contributed by atoms with Gasteiger partial charge in [0.05, 0.1) is 5.69 Å². The van der Waals surface area contributed by atoms with Gasteiger partial charge in [0.1, 0.15) is 5.82 Å². The van der Waals surface area contributed by atoms with Gasteiger partial charge < -0.3 is 5.32 Å². The molecule has 1 aromatic rings. The van der Waals surface area contributed by atoms with Crippen LogP contribution < -0.4 is 5.32 Å². The Hall–Kier alpha value is -1.00. The quantitative estimate of drug-likeness (QED) is 0.902. The molecule has 0 aliphatic carbocycles. The molecule has 0 aromatic carbocycles. The third kappa shape index (κ3) is 3.31. The molecule has 0 saturated carbocycles. The van der Waals surface area contributed by atoms with Crippen molar-refractivity contribution in [2.24, 2.45) is 0 Å². The van der Waals surface area contributed by atoms with Gasteiger partial charge in [0.2, 0.25) is 0 Å². The molecule has 0 spiro atoms. The Morgan fingerprint density at radius 1 is 1.42 bits per heavy atom. The highest BCUT2D eigenvalue weighted by atomic mass is 15.3. The zero-order valence-electron chi connectivity index (χ0n) is 12.6. The van der Waals surface area contributed by atoms with Gasteiger partial charge in [-0.2, -0.15) is 0 Å². The standard InChI is InChI=1S/C15H26N4/c1-5-15(6-2)11-19(12(3)9-17-15)10-14-7-8-16-13(4)18-14/h7-8,12,17H,5-6,9-11H2,1-4H3. The molecule has 0 radical (unpaired) electrons. The Labute approximate surface area is 116 Å². The van der Waals surface area contributed by atoms with Gasteiger partial charge in [0.15, 0.2) is 0 Å². The number of aromatic nitrogens is 2. The van der Waals surface area contributed by atoms with Gasteiger partial charge in [-0.1, -0.05) is 13.8 Å². The summed E-state index contributed by atoms with van der Waals surface area (Å²) in [6.07, 6.45) is 4.21. The molecule has 1 fully saturated rings. The van der Waals surface area contributed by atoms with Crippen LogP contribution >= 0.6 is 0 Å². The van der Waals surface area contributed by atoms with E-state index in [1.807, 2.05) is 19.2 Å². The Balaban J connectivity index is 2.09. The SMILES string of the molecule is CCC1(CC)CN(Cc2ccnc(C)n2)C(C)CN1. The largest absolute Gasteiger partial charge is 0.308 e. The topological polar surface area (TPSA) is 41.1 Å². The maximum absolute atomic E-state index is 4.53. The van der Waals surface area contributed by atoms with Gasteiger partial charge in [0, 0.05) is 37.4 Å². The maximum Gasteiger partial charge on any atom is 0.125 e. The monoisotopic (exact) mass is 262 g/mol. The van der Waals surface area contributed by atoms with E-state index in [0.717, 1.165) is 31.2 Å². The van der Waals surface area contributed by atoms with Gasteiger partial charge in [-0.15, -0.1) is 0 Å². The van der Waals surface area contributed by atoms with Crippen molar-refractivity contribution in [2.75, 3.05) is 13.1 Å². The van der Waals surface area contributed by atoms with Gasteiger partial charge in [0.25, 0.3) is 0 Å². The fraction of sp³-hybridized carbons (Fsp3) is 0.733. The molecule has 0 bridgehead atoms. The van der Waals surface area contributed by atoms with Crippen molar-refractivity contribution in [3.8, 4) is 0 Å². The molecule has 2 rings (SSSR count). The zero-order chi connectivity index (χ0) is 13.9. The summed E-state index contributed by atoms with van der Waals surface area (Å²) in [6, 6.07) is 2.59. The van der Waals surface area contributed by atoms with Crippen molar-refractivity contribution in [1.82, 2.24) is 20.2 Å². The minimum atomic E-state index is 0.272. The van der Waals surface area contributed by atoms with Crippen LogP contribution in [0, 0.1) is 6.92 Å². The van der Waals surface area contributed by atoms with Gasteiger partial charge in [-0.05, 0) is 32.8 Å². The summed E-state index contributed by atoms with van der Waals surface area (Å²) >= 11 is 0. The van der Waals surface area contributed by atoms with Crippen LogP contribution in [-0.4, -0.2) is 39.5 Å². The van der Waals surface area contributed by atoms with Crippen molar-refractivity contribution in [3.05, 3.63) is 23.8 Å². The van der Waals surface area contributed by atoms with Gasteiger partial charge in [-0.25, -0.2) is 9.97 Å². The molecule has 1 aliphatic heterocycles. The fourth-order valence-electron chi connectivity index (χ4n) is 2.83. The lowest BCUT2D eigenvalue weighted by molar-refractivity contribution is 0.0735. The van der Waals surface area contributed by atoms with Crippen molar-refractivity contribution in [1.29, 1.82) is 0 Å². The van der Waals surface area contributed by atoms with E-state index in [1.165, 1.54) is 12.8 Å². The lowest BCUT2D eigenvalue weighted by Crippen LogP contribution is -2.62. The fourth-order valence-corrected chi connectivity index (χ4v) is 2.83. The van der Waals surface area contributed by atoms with Crippen LogP contribution in [0.25, 0.3) is 0 Å².